The lowest BCUT2D eigenvalue weighted by molar-refractivity contribution is 0.122. The van der Waals surface area contributed by atoms with Gasteiger partial charge in [-0.2, -0.15) is 0 Å². The molecule has 1 aromatic rings. The molecule has 0 aliphatic carbocycles. The third-order valence-corrected chi connectivity index (χ3v) is 4.99. The number of benzene rings is 1. The van der Waals surface area contributed by atoms with Crippen LogP contribution >= 0.6 is 0 Å². The Bertz CT molecular complexity index is 641. The van der Waals surface area contributed by atoms with Crippen LogP contribution in [0.15, 0.2) is 18.2 Å². The van der Waals surface area contributed by atoms with Crippen molar-refractivity contribution in [3.63, 3.8) is 0 Å². The van der Waals surface area contributed by atoms with Crippen LogP contribution in [-0.2, 0) is 0 Å². The maximum absolute atomic E-state index is 12.6. The average Bonchev–Trinajstić information content (AvgIpc) is 2.64. The number of hydrogen-bond acceptors (Lipinski definition) is 3. The molecule has 3 rings (SSSR count). The lowest BCUT2D eigenvalue weighted by Crippen LogP contribution is -2.55. The van der Waals surface area contributed by atoms with Gasteiger partial charge < -0.3 is 25.2 Å². The zero-order valence-electron chi connectivity index (χ0n) is 14.9. The van der Waals surface area contributed by atoms with Crippen LogP contribution in [0.5, 0.6) is 5.75 Å². The topological polar surface area (TPSA) is 73.9 Å². The summed E-state index contributed by atoms with van der Waals surface area (Å²) in [6.07, 6.45) is 2.61. The predicted molar refractivity (Wildman–Crippen MR) is 96.1 cm³/mol. The summed E-state index contributed by atoms with van der Waals surface area (Å²) in [5.74, 6) is 0.660. The molecule has 0 spiro atoms. The lowest BCUT2D eigenvalue weighted by Gasteiger charge is -2.40. The van der Waals surface area contributed by atoms with E-state index in [0.717, 1.165) is 37.9 Å². The van der Waals surface area contributed by atoms with Crippen molar-refractivity contribution in [1.82, 2.24) is 15.1 Å². The van der Waals surface area contributed by atoms with Gasteiger partial charge >= 0.3 is 12.1 Å². The fourth-order valence-corrected chi connectivity index (χ4v) is 3.53. The van der Waals surface area contributed by atoms with Gasteiger partial charge in [0.2, 0.25) is 0 Å². The highest BCUT2D eigenvalue weighted by atomic mass is 16.5. The first kappa shape index (κ1) is 17.4. The Morgan fingerprint density at radius 3 is 2.72 bits per heavy atom. The number of methoxy groups -OCH3 is 1. The molecule has 2 heterocycles. The maximum atomic E-state index is 12.6. The number of amides is 4. The molecule has 0 aromatic heterocycles. The van der Waals surface area contributed by atoms with Gasteiger partial charge in [0.25, 0.3) is 0 Å². The van der Waals surface area contributed by atoms with Gasteiger partial charge in [0.15, 0.2) is 0 Å². The van der Waals surface area contributed by atoms with Gasteiger partial charge in [-0.3, -0.25) is 0 Å². The number of nitrogens with zero attached hydrogens (tertiary/aromatic N) is 2. The van der Waals surface area contributed by atoms with E-state index in [9.17, 15) is 9.59 Å². The Labute approximate surface area is 148 Å². The highest BCUT2D eigenvalue weighted by molar-refractivity contribution is 5.92. The molecule has 0 bridgehead atoms. The van der Waals surface area contributed by atoms with E-state index in [1.165, 1.54) is 0 Å². The minimum Gasteiger partial charge on any atom is -0.495 e. The average molecular weight is 346 g/mol. The van der Waals surface area contributed by atoms with Gasteiger partial charge in [-0.15, -0.1) is 0 Å². The van der Waals surface area contributed by atoms with Gasteiger partial charge in [0.1, 0.15) is 5.75 Å². The fraction of sp³-hybridized carbons (Fsp3) is 0.556. The van der Waals surface area contributed by atoms with E-state index >= 15 is 0 Å². The molecular weight excluding hydrogens is 320 g/mol. The normalized spacial score (nSPS) is 18.7. The molecule has 7 heteroatoms. The first-order valence-electron chi connectivity index (χ1n) is 8.84. The van der Waals surface area contributed by atoms with E-state index in [2.05, 4.69) is 10.6 Å². The first-order valence-corrected chi connectivity index (χ1v) is 8.84. The summed E-state index contributed by atoms with van der Waals surface area (Å²) < 4.78 is 5.34. The van der Waals surface area contributed by atoms with Crippen molar-refractivity contribution in [2.75, 3.05) is 38.6 Å². The number of urea groups is 2. The Hall–Kier alpha value is -2.44. The number of nitrogens with one attached hydrogen (secondary N) is 2. The number of carbonyl (C=O) groups excluding carboxylic acids is 2. The molecule has 0 saturated carbocycles. The molecule has 4 amide bonds. The standard InChI is InChI=1S/C18H26N4O3/c1-13-5-3-6-15(25-2)16(13)20-18(24)21-11-7-14(8-12-21)22-10-4-9-19-17(22)23/h3,5-6,14H,4,7-12H2,1-2H3,(H,19,23)(H,20,24). The number of ether oxygens (including phenoxy) is 1. The summed E-state index contributed by atoms with van der Waals surface area (Å²) in [6.45, 7) is 4.81. The van der Waals surface area contributed by atoms with Crippen molar-refractivity contribution < 1.29 is 14.3 Å². The molecule has 136 valence electrons. The highest BCUT2D eigenvalue weighted by Crippen LogP contribution is 2.28. The molecule has 2 aliphatic rings. The minimum absolute atomic E-state index is 0.0267. The van der Waals surface area contributed by atoms with E-state index in [0.29, 0.717) is 24.5 Å². The van der Waals surface area contributed by atoms with Crippen molar-refractivity contribution in [3.05, 3.63) is 23.8 Å². The molecule has 7 nitrogen and oxygen atoms in total. The molecule has 2 N–H and O–H groups in total. The molecule has 2 fully saturated rings. The number of aryl methyl sites for hydroxylation is 1. The first-order chi connectivity index (χ1) is 12.1. The second-order valence-electron chi connectivity index (χ2n) is 6.58. The van der Waals surface area contributed by atoms with Gasteiger partial charge in [-0.25, -0.2) is 9.59 Å². The van der Waals surface area contributed by atoms with Gasteiger partial charge in [-0.05, 0) is 37.8 Å². The van der Waals surface area contributed by atoms with E-state index in [-0.39, 0.29) is 18.1 Å². The summed E-state index contributed by atoms with van der Waals surface area (Å²) in [4.78, 5) is 28.3. The van der Waals surface area contributed by atoms with Crippen molar-refractivity contribution >= 4 is 17.7 Å². The highest BCUT2D eigenvalue weighted by Gasteiger charge is 2.31. The Morgan fingerprint density at radius 2 is 2.04 bits per heavy atom. The summed E-state index contributed by atoms with van der Waals surface area (Å²) in [7, 11) is 1.60. The smallest absolute Gasteiger partial charge is 0.321 e. The number of likely N-dealkylation sites (tertiary alicyclic amines) is 1. The monoisotopic (exact) mass is 346 g/mol. The van der Waals surface area contributed by atoms with Crippen LogP contribution < -0.4 is 15.4 Å². The number of rotatable bonds is 3. The van der Waals surface area contributed by atoms with E-state index in [1.807, 2.05) is 34.9 Å². The van der Waals surface area contributed by atoms with Crippen LogP contribution in [0.25, 0.3) is 0 Å². The van der Waals surface area contributed by atoms with Crippen LogP contribution in [0.3, 0.4) is 0 Å². The number of piperidine rings is 1. The molecule has 0 unspecified atom stereocenters. The second-order valence-corrected chi connectivity index (χ2v) is 6.58. The Morgan fingerprint density at radius 1 is 1.28 bits per heavy atom. The third kappa shape index (κ3) is 3.81. The summed E-state index contributed by atoms with van der Waals surface area (Å²) >= 11 is 0. The van der Waals surface area contributed by atoms with Crippen molar-refractivity contribution in [1.29, 1.82) is 0 Å². The number of para-hydroxylation sites is 1. The molecule has 2 saturated heterocycles. The second kappa shape index (κ2) is 7.63. The van der Waals surface area contributed by atoms with Crippen LogP contribution in [0.2, 0.25) is 0 Å². The van der Waals surface area contributed by atoms with Gasteiger partial charge in [-0.1, -0.05) is 12.1 Å². The zero-order valence-corrected chi connectivity index (χ0v) is 14.9. The van der Waals surface area contributed by atoms with Crippen LogP contribution in [0.1, 0.15) is 24.8 Å². The molecular formula is C18H26N4O3. The predicted octanol–water partition coefficient (Wildman–Crippen LogP) is 2.42. The van der Waals surface area contributed by atoms with Gasteiger partial charge in [0, 0.05) is 32.2 Å². The van der Waals surface area contributed by atoms with Gasteiger partial charge in [0.05, 0.1) is 12.8 Å². The van der Waals surface area contributed by atoms with Crippen molar-refractivity contribution in [2.24, 2.45) is 0 Å². The quantitative estimate of drug-likeness (QED) is 0.883. The summed E-state index contributed by atoms with van der Waals surface area (Å²) in [6, 6.07) is 5.81. The summed E-state index contributed by atoms with van der Waals surface area (Å²) in [5, 5.41) is 5.87. The molecule has 1 aromatic carbocycles. The lowest BCUT2D eigenvalue weighted by atomic mass is 10.0. The fourth-order valence-electron chi connectivity index (χ4n) is 3.53. The Kier molecular flexibility index (Phi) is 5.31. The summed E-state index contributed by atoms with van der Waals surface area (Å²) in [5.41, 5.74) is 1.68. The van der Waals surface area contributed by atoms with E-state index in [1.54, 1.807) is 7.11 Å². The largest absolute Gasteiger partial charge is 0.495 e. The SMILES string of the molecule is COc1cccc(C)c1NC(=O)N1CCC(N2CCCNC2=O)CC1. The molecule has 25 heavy (non-hydrogen) atoms. The van der Waals surface area contributed by atoms with Crippen molar-refractivity contribution in [3.8, 4) is 5.75 Å². The van der Waals surface area contributed by atoms with Crippen molar-refractivity contribution in [2.45, 2.75) is 32.2 Å². The number of hydrogen-bond donors (Lipinski definition) is 2. The van der Waals surface area contributed by atoms with Crippen LogP contribution in [0, 0.1) is 6.92 Å². The Balaban J connectivity index is 1.58. The third-order valence-electron chi connectivity index (χ3n) is 4.99. The van der Waals surface area contributed by atoms with Crippen LogP contribution in [0.4, 0.5) is 15.3 Å². The molecule has 2 aliphatic heterocycles. The number of anilines is 1. The van der Waals surface area contributed by atoms with E-state index in [4.69, 9.17) is 4.74 Å². The van der Waals surface area contributed by atoms with Crippen LogP contribution in [-0.4, -0.2) is 61.2 Å². The molecule has 0 radical (unpaired) electrons. The van der Waals surface area contributed by atoms with E-state index < -0.39 is 0 Å². The number of carbonyl (C=O) groups is 2. The molecule has 0 atom stereocenters. The maximum Gasteiger partial charge on any atom is 0.321 e. The zero-order chi connectivity index (χ0) is 17.8. The minimum atomic E-state index is -0.117.